The number of benzene rings is 1. The molecule has 86 valence electrons. The van der Waals surface area contributed by atoms with E-state index in [9.17, 15) is 0 Å². The van der Waals surface area contributed by atoms with Crippen molar-refractivity contribution >= 4 is 0 Å². The number of nitriles is 1. The highest BCUT2D eigenvalue weighted by Gasteiger charge is 2.10. The molecule has 0 amide bonds. The smallest absolute Gasteiger partial charge is 0.0638 e. The first-order chi connectivity index (χ1) is 7.67. The molecule has 0 aliphatic rings. The molecule has 2 nitrogen and oxygen atoms in total. The third kappa shape index (κ3) is 3.67. The van der Waals surface area contributed by atoms with Crippen molar-refractivity contribution in [2.45, 2.75) is 45.7 Å². The second-order valence-corrected chi connectivity index (χ2v) is 4.27. The van der Waals surface area contributed by atoms with Gasteiger partial charge in [-0.3, -0.25) is 0 Å². The summed E-state index contributed by atoms with van der Waals surface area (Å²) in [6, 6.07) is 11.4. The van der Waals surface area contributed by atoms with E-state index in [0.29, 0.717) is 18.5 Å². The summed E-state index contributed by atoms with van der Waals surface area (Å²) in [5.74, 6) is 0. The van der Waals surface area contributed by atoms with Crippen molar-refractivity contribution in [2.75, 3.05) is 0 Å². The van der Waals surface area contributed by atoms with Crippen LogP contribution in [0.3, 0.4) is 0 Å². The second-order valence-electron chi connectivity index (χ2n) is 4.27. The Balaban J connectivity index is 2.60. The first-order valence-electron chi connectivity index (χ1n) is 5.87. The van der Waals surface area contributed by atoms with Gasteiger partial charge in [0.1, 0.15) is 0 Å². The van der Waals surface area contributed by atoms with Crippen molar-refractivity contribution in [1.29, 1.82) is 5.26 Å². The van der Waals surface area contributed by atoms with Crippen LogP contribution in [0.4, 0.5) is 0 Å². The molecule has 2 unspecified atom stereocenters. The van der Waals surface area contributed by atoms with Gasteiger partial charge in [0.2, 0.25) is 0 Å². The fraction of sp³-hybridized carbons (Fsp3) is 0.500. The van der Waals surface area contributed by atoms with Gasteiger partial charge in [-0.15, -0.1) is 0 Å². The zero-order chi connectivity index (χ0) is 12.0. The monoisotopic (exact) mass is 216 g/mol. The van der Waals surface area contributed by atoms with Crippen LogP contribution in [0.1, 0.15) is 43.9 Å². The van der Waals surface area contributed by atoms with Gasteiger partial charge in [-0.2, -0.15) is 5.26 Å². The quantitative estimate of drug-likeness (QED) is 0.819. The zero-order valence-corrected chi connectivity index (χ0v) is 10.3. The molecule has 0 aliphatic carbocycles. The van der Waals surface area contributed by atoms with Crippen molar-refractivity contribution in [1.82, 2.24) is 5.32 Å². The standard InChI is InChI=1S/C14H20N2/c1-4-14(9-10-15)16-12(3)13-7-5-11(2)6-8-13/h5-8,12,14,16H,4,9H2,1-3H3. The summed E-state index contributed by atoms with van der Waals surface area (Å²) in [7, 11) is 0. The minimum Gasteiger partial charge on any atom is -0.306 e. The molecule has 2 heteroatoms. The van der Waals surface area contributed by atoms with E-state index in [1.165, 1.54) is 11.1 Å². The highest BCUT2D eigenvalue weighted by Crippen LogP contribution is 2.15. The second kappa shape index (κ2) is 6.30. The SMILES string of the molecule is CCC(CC#N)NC(C)c1ccc(C)cc1. The maximum Gasteiger partial charge on any atom is 0.0638 e. The Hall–Kier alpha value is -1.33. The molecule has 1 N–H and O–H groups in total. The Morgan fingerprint density at radius 2 is 1.94 bits per heavy atom. The summed E-state index contributed by atoms with van der Waals surface area (Å²) >= 11 is 0. The summed E-state index contributed by atoms with van der Waals surface area (Å²) < 4.78 is 0. The number of nitrogens with one attached hydrogen (secondary N) is 1. The van der Waals surface area contributed by atoms with Crippen molar-refractivity contribution < 1.29 is 0 Å². The first kappa shape index (κ1) is 12.7. The lowest BCUT2D eigenvalue weighted by Gasteiger charge is -2.20. The first-order valence-corrected chi connectivity index (χ1v) is 5.87. The summed E-state index contributed by atoms with van der Waals surface area (Å²) in [5, 5.41) is 12.2. The number of hydrogen-bond donors (Lipinski definition) is 1. The fourth-order valence-corrected chi connectivity index (χ4v) is 1.74. The van der Waals surface area contributed by atoms with E-state index in [-0.39, 0.29) is 0 Å². The summed E-state index contributed by atoms with van der Waals surface area (Å²) in [6.07, 6.45) is 1.57. The molecule has 0 aliphatic heterocycles. The average Bonchev–Trinajstić information content (AvgIpc) is 2.29. The van der Waals surface area contributed by atoms with Gasteiger partial charge in [0.15, 0.2) is 0 Å². The van der Waals surface area contributed by atoms with Crippen LogP contribution < -0.4 is 5.32 Å². The lowest BCUT2D eigenvalue weighted by molar-refractivity contribution is 0.448. The number of nitrogens with zero attached hydrogens (tertiary/aromatic N) is 1. The van der Waals surface area contributed by atoms with Gasteiger partial charge in [0.25, 0.3) is 0 Å². The van der Waals surface area contributed by atoms with Crippen molar-refractivity contribution in [3.63, 3.8) is 0 Å². The predicted octanol–water partition coefficient (Wildman–Crippen LogP) is 3.34. The van der Waals surface area contributed by atoms with Crippen molar-refractivity contribution in [3.05, 3.63) is 35.4 Å². The molecule has 2 atom stereocenters. The molecule has 1 aromatic carbocycles. The third-order valence-electron chi connectivity index (χ3n) is 2.89. The summed E-state index contributed by atoms with van der Waals surface area (Å²) in [5.41, 5.74) is 2.56. The summed E-state index contributed by atoms with van der Waals surface area (Å²) in [4.78, 5) is 0. The largest absolute Gasteiger partial charge is 0.306 e. The van der Waals surface area contributed by atoms with Crippen LogP contribution in [0.5, 0.6) is 0 Å². The van der Waals surface area contributed by atoms with Crippen LogP contribution in [-0.2, 0) is 0 Å². The Labute approximate surface area is 98.3 Å². The third-order valence-corrected chi connectivity index (χ3v) is 2.89. The zero-order valence-electron chi connectivity index (χ0n) is 10.3. The molecule has 0 saturated heterocycles. The highest BCUT2D eigenvalue weighted by atomic mass is 14.9. The Bertz CT molecular complexity index is 348. The Kier molecular flexibility index (Phi) is 5.01. The molecular weight excluding hydrogens is 196 g/mol. The number of rotatable bonds is 5. The lowest BCUT2D eigenvalue weighted by Crippen LogP contribution is -2.30. The lowest BCUT2D eigenvalue weighted by atomic mass is 10.0. The van der Waals surface area contributed by atoms with Crippen LogP contribution in [0, 0.1) is 18.3 Å². The van der Waals surface area contributed by atoms with Gasteiger partial charge in [0, 0.05) is 12.1 Å². The Morgan fingerprint density at radius 1 is 1.31 bits per heavy atom. The number of aryl methyl sites for hydroxylation is 1. The molecule has 0 spiro atoms. The van der Waals surface area contributed by atoms with Crippen LogP contribution in [0.15, 0.2) is 24.3 Å². The van der Waals surface area contributed by atoms with Crippen LogP contribution in [0.2, 0.25) is 0 Å². The van der Waals surface area contributed by atoms with Gasteiger partial charge in [-0.05, 0) is 25.8 Å². The molecule has 16 heavy (non-hydrogen) atoms. The maximum absolute atomic E-state index is 8.70. The fourth-order valence-electron chi connectivity index (χ4n) is 1.74. The Morgan fingerprint density at radius 3 is 2.44 bits per heavy atom. The highest BCUT2D eigenvalue weighted by molar-refractivity contribution is 5.23. The molecule has 0 heterocycles. The van der Waals surface area contributed by atoms with Crippen LogP contribution >= 0.6 is 0 Å². The molecule has 1 aromatic rings. The van der Waals surface area contributed by atoms with Crippen molar-refractivity contribution in [2.24, 2.45) is 0 Å². The van der Waals surface area contributed by atoms with E-state index >= 15 is 0 Å². The average molecular weight is 216 g/mol. The summed E-state index contributed by atoms with van der Waals surface area (Å²) in [6.45, 7) is 6.34. The molecule has 0 aromatic heterocycles. The van der Waals surface area contributed by atoms with E-state index in [1.54, 1.807) is 0 Å². The molecule has 1 rings (SSSR count). The van der Waals surface area contributed by atoms with E-state index in [4.69, 9.17) is 5.26 Å². The molecule has 0 saturated carbocycles. The van der Waals surface area contributed by atoms with E-state index in [0.717, 1.165) is 6.42 Å². The van der Waals surface area contributed by atoms with Gasteiger partial charge in [0.05, 0.1) is 12.5 Å². The molecule has 0 radical (unpaired) electrons. The van der Waals surface area contributed by atoms with E-state index < -0.39 is 0 Å². The maximum atomic E-state index is 8.70. The molecule has 0 fully saturated rings. The van der Waals surface area contributed by atoms with Crippen LogP contribution in [-0.4, -0.2) is 6.04 Å². The minimum absolute atomic E-state index is 0.293. The number of hydrogen-bond acceptors (Lipinski definition) is 2. The van der Waals surface area contributed by atoms with Gasteiger partial charge < -0.3 is 5.32 Å². The molecule has 0 bridgehead atoms. The topological polar surface area (TPSA) is 35.8 Å². The van der Waals surface area contributed by atoms with Crippen molar-refractivity contribution in [3.8, 4) is 6.07 Å². The minimum atomic E-state index is 0.293. The van der Waals surface area contributed by atoms with Crippen LogP contribution in [0.25, 0.3) is 0 Å². The van der Waals surface area contributed by atoms with Gasteiger partial charge >= 0.3 is 0 Å². The molecular formula is C14H20N2. The predicted molar refractivity (Wildman–Crippen MR) is 67.0 cm³/mol. The van der Waals surface area contributed by atoms with E-state index in [2.05, 4.69) is 56.4 Å². The normalized spacial score (nSPS) is 14.1. The van der Waals surface area contributed by atoms with Gasteiger partial charge in [-0.25, -0.2) is 0 Å². The van der Waals surface area contributed by atoms with Gasteiger partial charge in [-0.1, -0.05) is 36.8 Å². The van der Waals surface area contributed by atoms with E-state index in [1.807, 2.05) is 0 Å².